The first-order valence-corrected chi connectivity index (χ1v) is 7.86. The number of nitrogens with one attached hydrogen (secondary N) is 1. The molecule has 1 N–H and O–H groups in total. The largest absolute Gasteiger partial charge is 0.466 e. The van der Waals surface area contributed by atoms with Gasteiger partial charge in [-0.2, -0.15) is 4.31 Å². The lowest BCUT2D eigenvalue weighted by atomic mass is 10.4. The topological polar surface area (TPSA) is 96.5 Å². The highest BCUT2D eigenvalue weighted by Gasteiger charge is 2.26. The molecule has 7 nitrogen and oxygen atoms in total. The Morgan fingerprint density at radius 1 is 1.47 bits per heavy atom. The van der Waals surface area contributed by atoms with Crippen molar-refractivity contribution in [2.75, 3.05) is 20.2 Å². The Kier molecular flexibility index (Phi) is 5.27. The van der Waals surface area contributed by atoms with Crippen LogP contribution in [0.1, 0.15) is 19.0 Å². The van der Waals surface area contributed by atoms with E-state index in [0.29, 0.717) is 17.0 Å². The van der Waals surface area contributed by atoms with E-state index >= 15 is 0 Å². The molecule has 0 radical (unpaired) electrons. The number of aryl methyl sites for hydroxylation is 1. The third-order valence-electron chi connectivity index (χ3n) is 2.36. The molecule has 0 aliphatic carbocycles. The lowest BCUT2D eigenvalue weighted by molar-refractivity contribution is -0.143. The summed E-state index contributed by atoms with van der Waals surface area (Å²) in [5.41, 5.74) is 0.304. The fourth-order valence-corrected chi connectivity index (χ4v) is 4.04. The standard InChI is InChI=1S/C10H16N2O5S2/c1-4-17-8(13)5-6-12(3)19(15,16)9-7(2)11-10(14)18-9/h4-6H2,1-3H3,(H,11,14). The van der Waals surface area contributed by atoms with Crippen molar-refractivity contribution < 1.29 is 17.9 Å². The van der Waals surface area contributed by atoms with Gasteiger partial charge in [0.2, 0.25) is 0 Å². The van der Waals surface area contributed by atoms with Crippen molar-refractivity contribution in [2.45, 2.75) is 24.5 Å². The van der Waals surface area contributed by atoms with Crippen LogP contribution in [0.3, 0.4) is 0 Å². The number of aromatic amines is 1. The summed E-state index contributed by atoms with van der Waals surface area (Å²) in [4.78, 5) is 24.3. The van der Waals surface area contributed by atoms with E-state index in [-0.39, 0.29) is 23.8 Å². The van der Waals surface area contributed by atoms with Gasteiger partial charge in [0.15, 0.2) is 4.21 Å². The number of rotatable bonds is 6. The molecule has 0 saturated carbocycles. The zero-order chi connectivity index (χ0) is 14.6. The van der Waals surface area contributed by atoms with Crippen LogP contribution in [0.25, 0.3) is 0 Å². The summed E-state index contributed by atoms with van der Waals surface area (Å²) in [6.45, 7) is 3.46. The Bertz CT molecular complexity index is 602. The summed E-state index contributed by atoms with van der Waals surface area (Å²) in [6.07, 6.45) is -0.0259. The molecular formula is C10H16N2O5S2. The van der Waals surface area contributed by atoms with Crippen LogP contribution >= 0.6 is 11.3 Å². The van der Waals surface area contributed by atoms with Crippen LogP contribution in [-0.2, 0) is 19.6 Å². The van der Waals surface area contributed by atoms with Crippen molar-refractivity contribution in [2.24, 2.45) is 0 Å². The molecule has 0 aromatic carbocycles. The van der Waals surface area contributed by atoms with Gasteiger partial charge in [0, 0.05) is 19.3 Å². The molecule has 1 aromatic heterocycles. The van der Waals surface area contributed by atoms with Crippen LogP contribution in [0.2, 0.25) is 0 Å². The number of carbonyl (C=O) groups is 1. The number of sulfonamides is 1. The Morgan fingerprint density at radius 2 is 2.11 bits per heavy atom. The van der Waals surface area contributed by atoms with Crippen LogP contribution in [0, 0.1) is 6.92 Å². The zero-order valence-corrected chi connectivity index (χ0v) is 12.6. The predicted octanol–water partition coefficient (Wildman–Crippen LogP) is 0.319. The lowest BCUT2D eigenvalue weighted by Crippen LogP contribution is -2.29. The van der Waals surface area contributed by atoms with Gasteiger partial charge >= 0.3 is 10.8 Å². The van der Waals surface area contributed by atoms with E-state index in [1.807, 2.05) is 0 Å². The van der Waals surface area contributed by atoms with Crippen molar-refractivity contribution in [1.82, 2.24) is 9.29 Å². The number of ether oxygens (including phenoxy) is 1. The number of thiazole rings is 1. The van der Waals surface area contributed by atoms with E-state index in [1.165, 1.54) is 14.0 Å². The molecule has 108 valence electrons. The second kappa shape index (κ2) is 6.31. The van der Waals surface area contributed by atoms with Gasteiger partial charge in [-0.05, 0) is 13.8 Å². The minimum atomic E-state index is -3.75. The molecule has 0 aliphatic heterocycles. The second-order valence-electron chi connectivity index (χ2n) is 3.81. The molecule has 1 heterocycles. The minimum absolute atomic E-state index is 0.00664. The fourth-order valence-electron chi connectivity index (χ4n) is 1.38. The maximum atomic E-state index is 12.2. The van der Waals surface area contributed by atoms with Gasteiger partial charge in [-0.15, -0.1) is 0 Å². The summed E-state index contributed by atoms with van der Waals surface area (Å²) in [6, 6.07) is 0. The molecule has 0 fully saturated rings. The smallest absolute Gasteiger partial charge is 0.307 e. The van der Waals surface area contributed by atoms with Gasteiger partial charge < -0.3 is 9.72 Å². The Labute approximate surface area is 115 Å². The molecule has 0 aliphatic rings. The van der Waals surface area contributed by atoms with Gasteiger partial charge in [-0.1, -0.05) is 11.3 Å². The first-order chi connectivity index (χ1) is 8.78. The molecule has 1 rings (SSSR count). The van der Waals surface area contributed by atoms with Crippen LogP contribution in [0.15, 0.2) is 9.00 Å². The van der Waals surface area contributed by atoms with E-state index in [0.717, 1.165) is 4.31 Å². The second-order valence-corrected chi connectivity index (χ2v) is 7.03. The van der Waals surface area contributed by atoms with Crippen LogP contribution in [0.4, 0.5) is 0 Å². The highest BCUT2D eigenvalue weighted by molar-refractivity contribution is 7.91. The number of aromatic nitrogens is 1. The Morgan fingerprint density at radius 3 is 2.58 bits per heavy atom. The zero-order valence-electron chi connectivity index (χ0n) is 10.9. The molecule has 0 bridgehead atoms. The molecule has 9 heteroatoms. The van der Waals surface area contributed by atoms with Crippen LogP contribution < -0.4 is 4.87 Å². The van der Waals surface area contributed by atoms with E-state index in [4.69, 9.17) is 4.74 Å². The third-order valence-corrected chi connectivity index (χ3v) is 5.80. The molecule has 0 saturated heterocycles. The molecule has 0 amide bonds. The normalized spacial score (nSPS) is 11.8. The molecule has 0 unspecified atom stereocenters. The number of H-pyrrole nitrogens is 1. The van der Waals surface area contributed by atoms with Gasteiger partial charge in [0.05, 0.1) is 13.0 Å². The SMILES string of the molecule is CCOC(=O)CCN(C)S(=O)(=O)c1sc(=O)[nH]c1C. The average Bonchev–Trinajstić information content (AvgIpc) is 2.66. The number of carbonyl (C=O) groups excluding carboxylic acids is 1. The maximum Gasteiger partial charge on any atom is 0.307 e. The van der Waals surface area contributed by atoms with Crippen molar-refractivity contribution in [3.8, 4) is 0 Å². The highest BCUT2D eigenvalue weighted by atomic mass is 32.2. The fraction of sp³-hybridized carbons (Fsp3) is 0.600. The first-order valence-electron chi connectivity index (χ1n) is 5.60. The lowest BCUT2D eigenvalue weighted by Gasteiger charge is -2.15. The predicted molar refractivity (Wildman–Crippen MR) is 70.7 cm³/mol. The summed E-state index contributed by atoms with van der Waals surface area (Å²) < 4.78 is 30.1. The quantitative estimate of drug-likeness (QED) is 0.763. The highest BCUT2D eigenvalue weighted by Crippen LogP contribution is 2.20. The van der Waals surface area contributed by atoms with Crippen molar-refractivity contribution in [3.05, 3.63) is 15.4 Å². The molecule has 0 spiro atoms. The summed E-state index contributed by atoms with van der Waals surface area (Å²) in [5.74, 6) is -0.455. The van der Waals surface area contributed by atoms with Gasteiger partial charge in [-0.25, -0.2) is 8.42 Å². The minimum Gasteiger partial charge on any atom is -0.466 e. The van der Waals surface area contributed by atoms with Crippen molar-refractivity contribution >= 4 is 27.3 Å². The van der Waals surface area contributed by atoms with E-state index in [1.54, 1.807) is 6.92 Å². The van der Waals surface area contributed by atoms with Gasteiger partial charge in [0.1, 0.15) is 0 Å². The van der Waals surface area contributed by atoms with Crippen molar-refractivity contribution in [1.29, 1.82) is 0 Å². The number of esters is 1. The van der Waals surface area contributed by atoms with Crippen LogP contribution in [0.5, 0.6) is 0 Å². The van der Waals surface area contributed by atoms with Gasteiger partial charge in [-0.3, -0.25) is 9.59 Å². The first kappa shape index (κ1) is 15.9. The van der Waals surface area contributed by atoms with Gasteiger partial charge in [0.25, 0.3) is 10.0 Å². The molecule has 0 atom stereocenters. The average molecular weight is 308 g/mol. The number of nitrogens with zero attached hydrogens (tertiary/aromatic N) is 1. The summed E-state index contributed by atoms with van der Waals surface area (Å²) in [5, 5.41) is 0. The Hall–Kier alpha value is -1.19. The number of hydrogen-bond acceptors (Lipinski definition) is 6. The molecule has 19 heavy (non-hydrogen) atoms. The Balaban J connectivity index is 2.81. The van der Waals surface area contributed by atoms with E-state index in [2.05, 4.69) is 4.98 Å². The maximum absolute atomic E-state index is 12.2. The molecule has 1 aromatic rings. The van der Waals surface area contributed by atoms with E-state index in [9.17, 15) is 18.0 Å². The van der Waals surface area contributed by atoms with Crippen molar-refractivity contribution in [3.63, 3.8) is 0 Å². The van der Waals surface area contributed by atoms with E-state index < -0.39 is 20.9 Å². The molecular weight excluding hydrogens is 292 g/mol. The number of hydrogen-bond donors (Lipinski definition) is 1. The third kappa shape index (κ3) is 3.88. The summed E-state index contributed by atoms with van der Waals surface area (Å²) in [7, 11) is -2.39. The summed E-state index contributed by atoms with van der Waals surface area (Å²) >= 11 is 0.637. The monoisotopic (exact) mass is 308 g/mol. The van der Waals surface area contributed by atoms with Crippen LogP contribution in [-0.4, -0.2) is 43.9 Å².